The molecule has 0 radical (unpaired) electrons. The summed E-state index contributed by atoms with van der Waals surface area (Å²) in [6, 6.07) is 12.7. The van der Waals surface area contributed by atoms with Crippen molar-refractivity contribution in [3.63, 3.8) is 0 Å². The van der Waals surface area contributed by atoms with Gasteiger partial charge in [-0.15, -0.1) is 0 Å². The molecule has 0 aliphatic rings. The second-order valence-corrected chi connectivity index (χ2v) is 5.11. The fourth-order valence-electron chi connectivity index (χ4n) is 2.24. The number of benzene rings is 2. The zero-order valence-electron chi connectivity index (χ0n) is 12.6. The molecule has 3 rings (SSSR count). The standard InChI is InChI=1S/C18H14F2N2O2/c19-14-7-4-8-15(20)16(14)17(23)21-10-9-13-11-24-18(22-13)12-5-2-1-3-6-12/h1-8,11H,9-10H2,(H,21,23). The smallest absolute Gasteiger partial charge is 0.257 e. The molecule has 1 amide bonds. The molecule has 0 fully saturated rings. The molecule has 2 aromatic carbocycles. The van der Waals surface area contributed by atoms with Gasteiger partial charge in [0.15, 0.2) is 0 Å². The summed E-state index contributed by atoms with van der Waals surface area (Å²) in [4.78, 5) is 16.2. The molecular weight excluding hydrogens is 314 g/mol. The van der Waals surface area contributed by atoms with Gasteiger partial charge in [-0.2, -0.15) is 0 Å². The van der Waals surface area contributed by atoms with Crippen molar-refractivity contribution in [3.8, 4) is 11.5 Å². The van der Waals surface area contributed by atoms with E-state index in [0.717, 1.165) is 17.7 Å². The molecule has 122 valence electrons. The number of hydrogen-bond acceptors (Lipinski definition) is 3. The van der Waals surface area contributed by atoms with Gasteiger partial charge in [0.25, 0.3) is 5.91 Å². The van der Waals surface area contributed by atoms with Crippen LogP contribution in [0.1, 0.15) is 16.1 Å². The molecular formula is C18H14F2N2O2. The topological polar surface area (TPSA) is 55.1 Å². The molecule has 0 atom stereocenters. The minimum atomic E-state index is -0.889. The van der Waals surface area contributed by atoms with Crippen LogP contribution >= 0.6 is 0 Å². The molecule has 0 saturated carbocycles. The van der Waals surface area contributed by atoms with Gasteiger partial charge in [-0.3, -0.25) is 4.79 Å². The number of carbonyl (C=O) groups excluding carboxylic acids is 1. The van der Waals surface area contributed by atoms with E-state index >= 15 is 0 Å². The van der Waals surface area contributed by atoms with Gasteiger partial charge in [0.2, 0.25) is 5.89 Å². The van der Waals surface area contributed by atoms with Crippen molar-refractivity contribution < 1.29 is 18.0 Å². The molecule has 1 heterocycles. The van der Waals surface area contributed by atoms with Crippen LogP contribution in [-0.2, 0) is 6.42 Å². The lowest BCUT2D eigenvalue weighted by Crippen LogP contribution is -2.27. The van der Waals surface area contributed by atoms with Crippen molar-refractivity contribution in [2.24, 2.45) is 0 Å². The normalized spacial score (nSPS) is 10.6. The third kappa shape index (κ3) is 3.48. The molecule has 24 heavy (non-hydrogen) atoms. The summed E-state index contributed by atoms with van der Waals surface area (Å²) in [6.45, 7) is 0.188. The molecule has 6 heteroatoms. The van der Waals surface area contributed by atoms with Gasteiger partial charge in [0, 0.05) is 18.5 Å². The van der Waals surface area contributed by atoms with E-state index in [1.54, 1.807) is 0 Å². The molecule has 0 unspecified atom stereocenters. The Hall–Kier alpha value is -3.02. The van der Waals surface area contributed by atoms with Crippen molar-refractivity contribution in [3.05, 3.63) is 77.7 Å². The van der Waals surface area contributed by atoms with Gasteiger partial charge in [-0.05, 0) is 24.3 Å². The molecule has 1 N–H and O–H groups in total. The number of hydrogen-bond donors (Lipinski definition) is 1. The second kappa shape index (κ2) is 7.04. The maximum Gasteiger partial charge on any atom is 0.257 e. The summed E-state index contributed by atoms with van der Waals surface area (Å²) in [5, 5.41) is 2.48. The predicted octanol–water partition coefficient (Wildman–Crippen LogP) is 3.59. The van der Waals surface area contributed by atoms with E-state index in [4.69, 9.17) is 4.42 Å². The average molecular weight is 328 g/mol. The van der Waals surface area contributed by atoms with Gasteiger partial charge in [-0.25, -0.2) is 13.8 Å². The van der Waals surface area contributed by atoms with Crippen molar-refractivity contribution in [1.29, 1.82) is 0 Å². The van der Waals surface area contributed by atoms with Crippen LogP contribution in [-0.4, -0.2) is 17.4 Å². The number of amides is 1. The fourth-order valence-corrected chi connectivity index (χ4v) is 2.24. The molecule has 0 bridgehead atoms. The van der Waals surface area contributed by atoms with Crippen LogP contribution in [0.2, 0.25) is 0 Å². The van der Waals surface area contributed by atoms with Gasteiger partial charge in [-0.1, -0.05) is 24.3 Å². The molecule has 0 aliphatic carbocycles. The summed E-state index contributed by atoms with van der Waals surface area (Å²) in [5.74, 6) is -2.09. The van der Waals surface area contributed by atoms with Crippen molar-refractivity contribution in [1.82, 2.24) is 10.3 Å². The first-order chi connectivity index (χ1) is 11.6. The number of halogens is 2. The van der Waals surface area contributed by atoms with Crippen LogP contribution in [0.4, 0.5) is 8.78 Å². The van der Waals surface area contributed by atoms with E-state index in [2.05, 4.69) is 10.3 Å². The molecule has 3 aromatic rings. The fraction of sp³-hybridized carbons (Fsp3) is 0.111. The Labute approximate surface area is 137 Å². The lowest BCUT2D eigenvalue weighted by atomic mass is 10.2. The predicted molar refractivity (Wildman–Crippen MR) is 84.3 cm³/mol. The lowest BCUT2D eigenvalue weighted by molar-refractivity contribution is 0.0945. The Bertz CT molecular complexity index is 827. The first-order valence-electron chi connectivity index (χ1n) is 7.37. The third-order valence-electron chi connectivity index (χ3n) is 3.43. The van der Waals surface area contributed by atoms with Crippen molar-refractivity contribution >= 4 is 5.91 Å². The summed E-state index contributed by atoms with van der Waals surface area (Å²) >= 11 is 0. The Morgan fingerprint density at radius 2 is 1.75 bits per heavy atom. The van der Waals surface area contributed by atoms with Crippen LogP contribution in [0.25, 0.3) is 11.5 Å². The molecule has 0 aliphatic heterocycles. The largest absolute Gasteiger partial charge is 0.444 e. The van der Waals surface area contributed by atoms with E-state index in [-0.39, 0.29) is 6.54 Å². The van der Waals surface area contributed by atoms with Crippen LogP contribution in [0.15, 0.2) is 59.2 Å². The summed E-state index contributed by atoms with van der Waals surface area (Å²) in [7, 11) is 0. The number of nitrogens with zero attached hydrogens (tertiary/aromatic N) is 1. The van der Waals surface area contributed by atoms with E-state index in [9.17, 15) is 13.6 Å². The average Bonchev–Trinajstić information content (AvgIpc) is 3.04. The zero-order valence-corrected chi connectivity index (χ0v) is 12.6. The molecule has 0 spiro atoms. The monoisotopic (exact) mass is 328 g/mol. The highest BCUT2D eigenvalue weighted by Gasteiger charge is 2.16. The maximum absolute atomic E-state index is 13.5. The van der Waals surface area contributed by atoms with Gasteiger partial charge in [0.1, 0.15) is 23.5 Å². The highest BCUT2D eigenvalue weighted by atomic mass is 19.1. The quantitative estimate of drug-likeness (QED) is 0.779. The molecule has 0 saturated heterocycles. The number of carbonyl (C=O) groups is 1. The number of aromatic nitrogens is 1. The molecule has 1 aromatic heterocycles. The number of oxazole rings is 1. The Kier molecular flexibility index (Phi) is 4.65. The number of nitrogens with one attached hydrogen (secondary N) is 1. The summed E-state index contributed by atoms with van der Waals surface area (Å²) < 4.78 is 32.4. The zero-order chi connectivity index (χ0) is 16.9. The Morgan fingerprint density at radius 1 is 1.04 bits per heavy atom. The third-order valence-corrected chi connectivity index (χ3v) is 3.43. The van der Waals surface area contributed by atoms with Gasteiger partial charge < -0.3 is 9.73 Å². The van der Waals surface area contributed by atoms with Crippen LogP contribution in [0, 0.1) is 11.6 Å². The summed E-state index contributed by atoms with van der Waals surface area (Å²) in [6.07, 6.45) is 1.89. The Balaban J connectivity index is 1.59. The van der Waals surface area contributed by atoms with E-state index in [1.807, 2.05) is 30.3 Å². The second-order valence-electron chi connectivity index (χ2n) is 5.11. The first-order valence-corrected chi connectivity index (χ1v) is 7.37. The SMILES string of the molecule is O=C(NCCc1coc(-c2ccccc2)n1)c1c(F)cccc1F. The van der Waals surface area contributed by atoms with Crippen LogP contribution < -0.4 is 5.32 Å². The van der Waals surface area contributed by atoms with Gasteiger partial charge >= 0.3 is 0 Å². The van der Waals surface area contributed by atoms with Crippen molar-refractivity contribution in [2.75, 3.05) is 6.54 Å². The maximum atomic E-state index is 13.5. The highest BCUT2D eigenvalue weighted by Crippen LogP contribution is 2.18. The van der Waals surface area contributed by atoms with Crippen molar-refractivity contribution in [2.45, 2.75) is 6.42 Å². The minimum absolute atomic E-state index is 0.188. The highest BCUT2D eigenvalue weighted by molar-refractivity contribution is 5.94. The van der Waals surface area contributed by atoms with E-state index in [1.165, 1.54) is 12.3 Å². The van der Waals surface area contributed by atoms with Crippen LogP contribution in [0.5, 0.6) is 0 Å². The van der Waals surface area contributed by atoms with Crippen LogP contribution in [0.3, 0.4) is 0 Å². The minimum Gasteiger partial charge on any atom is -0.444 e. The van der Waals surface area contributed by atoms with E-state index in [0.29, 0.717) is 18.0 Å². The van der Waals surface area contributed by atoms with Gasteiger partial charge in [0.05, 0.1) is 5.69 Å². The van der Waals surface area contributed by atoms with E-state index < -0.39 is 23.1 Å². The first kappa shape index (κ1) is 15.9. The number of rotatable bonds is 5. The molecule has 4 nitrogen and oxygen atoms in total. The summed E-state index contributed by atoms with van der Waals surface area (Å²) in [5.41, 5.74) is 0.909. The Morgan fingerprint density at radius 3 is 2.46 bits per heavy atom. The lowest BCUT2D eigenvalue weighted by Gasteiger charge is -2.05.